The van der Waals surface area contributed by atoms with Crippen molar-refractivity contribution in [3.63, 3.8) is 0 Å². The van der Waals surface area contributed by atoms with Crippen molar-refractivity contribution in [3.05, 3.63) is 29.8 Å². The molecule has 0 saturated heterocycles. The molecule has 0 heterocycles. The molecule has 0 aromatic heterocycles. The van der Waals surface area contributed by atoms with Crippen molar-refractivity contribution in [2.45, 2.75) is 6.42 Å². The third-order valence-electron chi connectivity index (χ3n) is 2.39. The number of anilines is 1. The van der Waals surface area contributed by atoms with Crippen molar-refractivity contribution >= 4 is 17.7 Å². The molecule has 19 heavy (non-hydrogen) atoms. The Balaban J connectivity index is 2.56. The molecule has 1 rings (SSSR count). The molecular formula is C13H18N2O4. The molecule has 0 spiro atoms. The molecule has 6 heteroatoms. The van der Waals surface area contributed by atoms with E-state index in [0.717, 1.165) is 6.42 Å². The fourth-order valence-electron chi connectivity index (χ4n) is 1.47. The summed E-state index contributed by atoms with van der Waals surface area (Å²) in [4.78, 5) is 23.1. The summed E-state index contributed by atoms with van der Waals surface area (Å²) in [6.45, 7) is 1.08. The summed E-state index contributed by atoms with van der Waals surface area (Å²) < 4.78 is 9.52. The number of carbonyl (C=O) groups excluding carboxylic acids is 2. The molecule has 0 aliphatic rings. The Morgan fingerprint density at radius 3 is 2.63 bits per heavy atom. The Hall–Kier alpha value is -2.08. The summed E-state index contributed by atoms with van der Waals surface area (Å²) in [6, 6.07) is 6.29. The van der Waals surface area contributed by atoms with Crippen LogP contribution in [0.4, 0.5) is 10.5 Å². The minimum atomic E-state index is -0.490. The molecule has 0 fully saturated rings. The van der Waals surface area contributed by atoms with Gasteiger partial charge in [0.1, 0.15) is 0 Å². The van der Waals surface area contributed by atoms with E-state index in [4.69, 9.17) is 4.74 Å². The van der Waals surface area contributed by atoms with Crippen LogP contribution in [0.2, 0.25) is 0 Å². The number of para-hydroxylation sites is 1. The topological polar surface area (TPSA) is 76.7 Å². The summed E-state index contributed by atoms with van der Waals surface area (Å²) >= 11 is 0. The molecule has 0 saturated carbocycles. The predicted molar refractivity (Wildman–Crippen MR) is 71.3 cm³/mol. The highest BCUT2D eigenvalue weighted by Crippen LogP contribution is 2.15. The van der Waals surface area contributed by atoms with Crippen molar-refractivity contribution in [1.29, 1.82) is 0 Å². The smallest absolute Gasteiger partial charge is 0.339 e. The Labute approximate surface area is 112 Å². The number of urea groups is 1. The summed E-state index contributed by atoms with van der Waals surface area (Å²) in [5.74, 6) is -0.490. The number of nitrogens with one attached hydrogen (secondary N) is 2. The van der Waals surface area contributed by atoms with Gasteiger partial charge in [-0.25, -0.2) is 9.59 Å². The first-order valence-electron chi connectivity index (χ1n) is 5.90. The zero-order valence-corrected chi connectivity index (χ0v) is 11.1. The van der Waals surface area contributed by atoms with Crippen molar-refractivity contribution < 1.29 is 19.1 Å². The van der Waals surface area contributed by atoms with Crippen LogP contribution in [0.5, 0.6) is 0 Å². The van der Waals surface area contributed by atoms with Crippen LogP contribution in [0.15, 0.2) is 24.3 Å². The van der Waals surface area contributed by atoms with E-state index in [1.54, 1.807) is 31.4 Å². The van der Waals surface area contributed by atoms with E-state index >= 15 is 0 Å². The fraction of sp³-hybridized carbons (Fsp3) is 0.385. The highest BCUT2D eigenvalue weighted by atomic mass is 16.5. The molecule has 0 aliphatic heterocycles. The maximum absolute atomic E-state index is 11.6. The molecule has 104 valence electrons. The second-order valence-corrected chi connectivity index (χ2v) is 3.76. The number of benzene rings is 1. The van der Waals surface area contributed by atoms with Crippen LogP contribution in [-0.4, -0.2) is 39.4 Å². The van der Waals surface area contributed by atoms with Crippen LogP contribution in [-0.2, 0) is 9.47 Å². The number of ether oxygens (including phenoxy) is 2. The fourth-order valence-corrected chi connectivity index (χ4v) is 1.47. The van der Waals surface area contributed by atoms with Crippen LogP contribution in [0.25, 0.3) is 0 Å². The zero-order chi connectivity index (χ0) is 14.1. The molecule has 0 atom stereocenters. The van der Waals surface area contributed by atoms with Crippen molar-refractivity contribution in [2.75, 3.05) is 32.7 Å². The average Bonchev–Trinajstić information content (AvgIpc) is 2.43. The lowest BCUT2D eigenvalue weighted by Gasteiger charge is -2.10. The number of hydrogen-bond donors (Lipinski definition) is 2. The van der Waals surface area contributed by atoms with Crippen molar-refractivity contribution in [3.8, 4) is 0 Å². The SMILES string of the molecule is COCCCNC(=O)Nc1ccccc1C(=O)OC. The minimum absolute atomic E-state index is 0.317. The Morgan fingerprint density at radius 2 is 1.95 bits per heavy atom. The number of methoxy groups -OCH3 is 2. The Bertz CT molecular complexity index is 434. The van der Waals surface area contributed by atoms with Crippen LogP contribution in [0.3, 0.4) is 0 Å². The molecule has 0 radical (unpaired) electrons. The molecule has 1 aromatic carbocycles. The first-order chi connectivity index (χ1) is 9.19. The van der Waals surface area contributed by atoms with Crippen molar-refractivity contribution in [2.24, 2.45) is 0 Å². The molecule has 0 aliphatic carbocycles. The third kappa shape index (κ3) is 4.97. The highest BCUT2D eigenvalue weighted by molar-refractivity contribution is 6.00. The van der Waals surface area contributed by atoms with E-state index in [0.29, 0.717) is 24.4 Å². The second-order valence-electron chi connectivity index (χ2n) is 3.76. The quantitative estimate of drug-likeness (QED) is 0.606. The highest BCUT2D eigenvalue weighted by Gasteiger charge is 2.12. The van der Waals surface area contributed by atoms with E-state index in [-0.39, 0.29) is 6.03 Å². The summed E-state index contributed by atoms with van der Waals surface area (Å²) in [6.07, 6.45) is 0.725. The number of carbonyl (C=O) groups is 2. The third-order valence-corrected chi connectivity index (χ3v) is 2.39. The summed E-state index contributed by atoms with van der Waals surface area (Å²) in [5, 5.41) is 5.28. The predicted octanol–water partition coefficient (Wildman–Crippen LogP) is 1.63. The van der Waals surface area contributed by atoms with Crippen LogP contribution >= 0.6 is 0 Å². The first-order valence-corrected chi connectivity index (χ1v) is 5.90. The zero-order valence-electron chi connectivity index (χ0n) is 11.1. The number of esters is 1. The monoisotopic (exact) mass is 266 g/mol. The lowest BCUT2D eigenvalue weighted by molar-refractivity contribution is 0.0602. The van der Waals surface area contributed by atoms with Crippen LogP contribution < -0.4 is 10.6 Å². The van der Waals surface area contributed by atoms with Crippen LogP contribution in [0.1, 0.15) is 16.8 Å². The van der Waals surface area contributed by atoms with Gasteiger partial charge in [-0.2, -0.15) is 0 Å². The van der Waals surface area contributed by atoms with E-state index < -0.39 is 5.97 Å². The van der Waals surface area contributed by atoms with E-state index in [9.17, 15) is 9.59 Å². The van der Waals surface area contributed by atoms with Gasteiger partial charge in [0, 0.05) is 20.3 Å². The normalized spacial score (nSPS) is 9.79. The lowest BCUT2D eigenvalue weighted by Crippen LogP contribution is -2.30. The van der Waals surface area contributed by atoms with E-state index in [2.05, 4.69) is 15.4 Å². The second kappa shape index (κ2) is 8.10. The number of hydrogen-bond acceptors (Lipinski definition) is 4. The maximum atomic E-state index is 11.6. The summed E-state index contributed by atoms with van der Waals surface area (Å²) in [5.41, 5.74) is 0.732. The minimum Gasteiger partial charge on any atom is -0.465 e. The molecule has 0 bridgehead atoms. The Morgan fingerprint density at radius 1 is 1.21 bits per heavy atom. The maximum Gasteiger partial charge on any atom is 0.339 e. The van der Waals surface area contributed by atoms with Gasteiger partial charge in [0.15, 0.2) is 0 Å². The van der Waals surface area contributed by atoms with E-state index in [1.165, 1.54) is 7.11 Å². The molecule has 0 unspecified atom stereocenters. The molecule has 6 nitrogen and oxygen atoms in total. The van der Waals surface area contributed by atoms with Gasteiger partial charge in [0.05, 0.1) is 18.4 Å². The standard InChI is InChI=1S/C13H18N2O4/c1-18-9-5-8-14-13(17)15-11-7-4-3-6-10(11)12(16)19-2/h3-4,6-7H,5,8-9H2,1-2H3,(H2,14,15,17). The average molecular weight is 266 g/mol. The van der Waals surface area contributed by atoms with Gasteiger partial charge >= 0.3 is 12.0 Å². The number of amides is 2. The van der Waals surface area contributed by atoms with Gasteiger partial charge in [-0.15, -0.1) is 0 Å². The first kappa shape index (κ1) is 15.0. The number of rotatable bonds is 6. The van der Waals surface area contributed by atoms with Gasteiger partial charge in [0.2, 0.25) is 0 Å². The molecule has 2 amide bonds. The van der Waals surface area contributed by atoms with E-state index in [1.807, 2.05) is 0 Å². The molecule has 1 aromatic rings. The Kier molecular flexibility index (Phi) is 6.38. The van der Waals surface area contributed by atoms with Gasteiger partial charge in [-0.3, -0.25) is 0 Å². The summed E-state index contributed by atoms with van der Waals surface area (Å²) in [7, 11) is 2.90. The lowest BCUT2D eigenvalue weighted by atomic mass is 10.2. The molecular weight excluding hydrogens is 248 g/mol. The van der Waals surface area contributed by atoms with Gasteiger partial charge in [-0.05, 0) is 18.6 Å². The van der Waals surface area contributed by atoms with Gasteiger partial charge in [0.25, 0.3) is 0 Å². The van der Waals surface area contributed by atoms with Gasteiger partial charge in [-0.1, -0.05) is 12.1 Å². The largest absolute Gasteiger partial charge is 0.465 e. The van der Waals surface area contributed by atoms with Gasteiger partial charge < -0.3 is 20.1 Å². The van der Waals surface area contributed by atoms with Crippen LogP contribution in [0, 0.1) is 0 Å². The van der Waals surface area contributed by atoms with Crippen molar-refractivity contribution in [1.82, 2.24) is 5.32 Å². The molecule has 2 N–H and O–H groups in total.